The van der Waals surface area contributed by atoms with E-state index in [0.29, 0.717) is 11.1 Å². The molecule has 0 spiro atoms. The van der Waals surface area contributed by atoms with Crippen molar-refractivity contribution in [3.05, 3.63) is 58.0 Å². The number of rotatable bonds is 13. The Morgan fingerprint density at radius 1 is 1.14 bits per heavy atom. The van der Waals surface area contributed by atoms with Gasteiger partial charge in [-0.2, -0.15) is 0 Å². The number of ether oxygens (including phenoxy) is 3. The van der Waals surface area contributed by atoms with E-state index in [2.05, 4.69) is 10.3 Å². The van der Waals surface area contributed by atoms with Gasteiger partial charge in [0.05, 0.1) is 17.1 Å². The third-order valence-electron chi connectivity index (χ3n) is 7.94. The summed E-state index contributed by atoms with van der Waals surface area (Å²) >= 11 is 0. The molecule has 1 aromatic heterocycles. The van der Waals surface area contributed by atoms with Gasteiger partial charge < -0.3 is 34.5 Å². The molecule has 228 valence electrons. The van der Waals surface area contributed by atoms with Crippen LogP contribution in [0.25, 0.3) is 22.2 Å². The third kappa shape index (κ3) is 5.84. The average Bonchev–Trinajstić information content (AvgIpc) is 3.43. The van der Waals surface area contributed by atoms with Gasteiger partial charge in [0, 0.05) is 46.4 Å². The molecule has 3 unspecified atom stereocenters. The lowest BCUT2D eigenvalue weighted by Crippen LogP contribution is -2.61. The quantitative estimate of drug-likeness (QED) is 0.262. The Hall–Kier alpha value is -3.58. The Morgan fingerprint density at radius 2 is 1.81 bits per heavy atom. The van der Waals surface area contributed by atoms with Crippen LogP contribution in [0.1, 0.15) is 43.1 Å². The van der Waals surface area contributed by atoms with E-state index in [0.717, 1.165) is 22.2 Å². The van der Waals surface area contributed by atoms with Gasteiger partial charge in [0.2, 0.25) is 11.7 Å². The molecule has 3 atom stereocenters. The van der Waals surface area contributed by atoms with Gasteiger partial charge >= 0.3 is 5.69 Å². The molecule has 0 radical (unpaired) electrons. The van der Waals surface area contributed by atoms with Crippen LogP contribution in [-0.2, 0) is 32.6 Å². The van der Waals surface area contributed by atoms with E-state index in [1.165, 1.54) is 23.7 Å². The molecule has 0 saturated carbocycles. The SMILES string of the molecule is CCOC(O)CC(NC(=O)C(C(C)C)N1Cc2ccc(-c3ccc4c(c3)[nH]c(=O)n4C)cc2C1=O)C(CF)(OC)OC. The minimum Gasteiger partial charge on any atom is -0.368 e. The van der Waals surface area contributed by atoms with Gasteiger partial charge in [-0.15, -0.1) is 0 Å². The molecule has 42 heavy (non-hydrogen) atoms. The van der Waals surface area contributed by atoms with Gasteiger partial charge in [0.25, 0.3) is 5.91 Å². The average molecular weight is 587 g/mol. The van der Waals surface area contributed by atoms with Crippen LogP contribution < -0.4 is 11.0 Å². The lowest BCUT2D eigenvalue weighted by atomic mass is 9.98. The number of H-pyrrole nitrogens is 1. The number of benzene rings is 2. The van der Waals surface area contributed by atoms with Crippen LogP contribution in [0.5, 0.6) is 0 Å². The van der Waals surface area contributed by atoms with Gasteiger partial charge in [-0.05, 0) is 47.7 Å². The number of imidazole rings is 1. The lowest BCUT2D eigenvalue weighted by Gasteiger charge is -2.39. The molecule has 11 nitrogen and oxygen atoms in total. The number of nitrogens with zero attached hydrogens (tertiary/aromatic N) is 2. The number of carbonyl (C=O) groups is 2. The first kappa shape index (κ1) is 31.4. The number of aromatic nitrogens is 2. The topological polar surface area (TPSA) is 135 Å². The molecule has 12 heteroatoms. The molecule has 0 fully saturated rings. The number of aliphatic hydroxyl groups excluding tert-OH is 1. The van der Waals surface area contributed by atoms with Crippen LogP contribution in [0.3, 0.4) is 0 Å². The van der Waals surface area contributed by atoms with Crippen LogP contribution >= 0.6 is 0 Å². The zero-order chi connectivity index (χ0) is 30.8. The number of nitrogens with one attached hydrogen (secondary N) is 2. The van der Waals surface area contributed by atoms with Crippen molar-refractivity contribution >= 4 is 22.8 Å². The second-order valence-corrected chi connectivity index (χ2v) is 10.8. The number of hydrogen-bond donors (Lipinski definition) is 3. The number of hydrogen-bond acceptors (Lipinski definition) is 7. The van der Waals surface area contributed by atoms with Gasteiger partial charge in [-0.1, -0.05) is 32.0 Å². The first-order valence-electron chi connectivity index (χ1n) is 13.9. The summed E-state index contributed by atoms with van der Waals surface area (Å²) in [6.45, 7) is 4.66. The number of carbonyl (C=O) groups excluding carboxylic acids is 2. The first-order valence-corrected chi connectivity index (χ1v) is 13.9. The van der Waals surface area contributed by atoms with Crippen LogP contribution in [0.15, 0.2) is 41.2 Å². The van der Waals surface area contributed by atoms with Gasteiger partial charge in [0.15, 0.2) is 6.29 Å². The van der Waals surface area contributed by atoms with Crippen molar-refractivity contribution < 1.29 is 33.3 Å². The number of halogens is 1. The normalized spacial score (nSPS) is 15.7. The van der Waals surface area contributed by atoms with E-state index in [1.807, 2.05) is 44.2 Å². The number of aliphatic hydroxyl groups is 1. The summed E-state index contributed by atoms with van der Waals surface area (Å²) in [6.07, 6.45) is -1.51. The van der Waals surface area contributed by atoms with Crippen molar-refractivity contribution in [1.29, 1.82) is 0 Å². The fourth-order valence-corrected chi connectivity index (χ4v) is 5.59. The largest absolute Gasteiger partial charge is 0.368 e. The van der Waals surface area contributed by atoms with Crippen molar-refractivity contribution in [3.8, 4) is 11.1 Å². The number of aromatic amines is 1. The molecule has 0 bridgehead atoms. The summed E-state index contributed by atoms with van der Waals surface area (Å²) in [6, 6.07) is 9.12. The molecular weight excluding hydrogens is 547 g/mol. The molecule has 3 N–H and O–H groups in total. The van der Waals surface area contributed by atoms with Crippen LogP contribution in [0, 0.1) is 5.92 Å². The maximum absolute atomic E-state index is 14.2. The Morgan fingerprint density at radius 3 is 2.43 bits per heavy atom. The smallest absolute Gasteiger partial charge is 0.326 e. The van der Waals surface area contributed by atoms with Crippen molar-refractivity contribution in [3.63, 3.8) is 0 Å². The van der Waals surface area contributed by atoms with E-state index >= 15 is 0 Å². The second kappa shape index (κ2) is 12.7. The highest BCUT2D eigenvalue weighted by Gasteiger charge is 2.45. The summed E-state index contributed by atoms with van der Waals surface area (Å²) < 4.78 is 31.6. The molecular formula is C30H39FN4O7. The number of amides is 2. The van der Waals surface area contributed by atoms with Gasteiger partial charge in [0.1, 0.15) is 12.7 Å². The number of alkyl halides is 1. The number of methoxy groups -OCH3 is 2. The molecule has 2 amide bonds. The first-order chi connectivity index (χ1) is 20.0. The molecule has 2 aromatic carbocycles. The molecule has 3 aromatic rings. The van der Waals surface area contributed by atoms with Crippen LogP contribution in [-0.4, -0.2) is 83.0 Å². The molecule has 4 rings (SSSR count). The molecule has 1 aliphatic heterocycles. The second-order valence-electron chi connectivity index (χ2n) is 10.8. The number of aryl methyl sites for hydroxylation is 1. The predicted octanol–water partition coefficient (Wildman–Crippen LogP) is 2.70. The van der Waals surface area contributed by atoms with E-state index in [-0.39, 0.29) is 37.1 Å². The van der Waals surface area contributed by atoms with Crippen LogP contribution in [0.2, 0.25) is 0 Å². The Balaban J connectivity index is 1.61. The summed E-state index contributed by atoms with van der Waals surface area (Å²) in [4.78, 5) is 43.8. The van der Waals surface area contributed by atoms with Crippen molar-refractivity contribution in [2.45, 2.75) is 57.9 Å². The van der Waals surface area contributed by atoms with E-state index in [4.69, 9.17) is 14.2 Å². The summed E-state index contributed by atoms with van der Waals surface area (Å²) in [5, 5.41) is 13.1. The van der Waals surface area contributed by atoms with Crippen molar-refractivity contribution in [2.24, 2.45) is 13.0 Å². The zero-order valence-corrected chi connectivity index (χ0v) is 24.8. The lowest BCUT2D eigenvalue weighted by molar-refractivity contribution is -0.243. The summed E-state index contributed by atoms with van der Waals surface area (Å²) in [5.74, 6) is -3.02. The highest BCUT2D eigenvalue weighted by molar-refractivity contribution is 6.02. The minimum absolute atomic E-state index is 0.204. The maximum Gasteiger partial charge on any atom is 0.326 e. The van der Waals surface area contributed by atoms with Crippen molar-refractivity contribution in [1.82, 2.24) is 19.8 Å². The third-order valence-corrected chi connectivity index (χ3v) is 7.94. The van der Waals surface area contributed by atoms with E-state index in [1.54, 1.807) is 20.0 Å². The minimum atomic E-state index is -1.87. The fraction of sp³-hybridized carbons (Fsp3) is 0.500. The molecule has 0 aliphatic carbocycles. The van der Waals surface area contributed by atoms with E-state index < -0.39 is 36.7 Å². The monoisotopic (exact) mass is 586 g/mol. The Kier molecular flexibility index (Phi) is 9.51. The molecule has 1 aliphatic rings. The maximum atomic E-state index is 14.2. The van der Waals surface area contributed by atoms with E-state index in [9.17, 15) is 23.9 Å². The van der Waals surface area contributed by atoms with Gasteiger partial charge in [-0.25, -0.2) is 9.18 Å². The summed E-state index contributed by atoms with van der Waals surface area (Å²) in [5.41, 5.74) is 4.10. The zero-order valence-electron chi connectivity index (χ0n) is 24.8. The molecule has 2 heterocycles. The standard InChI is InChI=1S/C30H39FN4O7/c1-7-42-25(36)14-24(30(16-31,40-5)41-6)33-27(37)26(17(2)3)35-15-20-9-8-18(12-21(20)28(35)38)19-10-11-23-22(13-19)32-29(39)34(23)4/h8-13,17,24-26,36H,7,14-16H2,1-6H3,(H,32,39)(H,33,37). The predicted molar refractivity (Wildman–Crippen MR) is 154 cm³/mol. The Labute approximate surface area is 243 Å². The van der Waals surface area contributed by atoms with Crippen LogP contribution in [0.4, 0.5) is 4.39 Å². The molecule has 0 saturated heterocycles. The summed E-state index contributed by atoms with van der Waals surface area (Å²) in [7, 11) is 4.19. The highest BCUT2D eigenvalue weighted by atomic mass is 19.1. The highest BCUT2D eigenvalue weighted by Crippen LogP contribution is 2.32. The van der Waals surface area contributed by atoms with Crippen molar-refractivity contribution in [2.75, 3.05) is 27.5 Å². The Bertz CT molecular complexity index is 1490. The fourth-order valence-electron chi connectivity index (χ4n) is 5.59. The number of fused-ring (bicyclic) bond motifs is 2. The van der Waals surface area contributed by atoms with Gasteiger partial charge in [-0.3, -0.25) is 14.2 Å².